The monoisotopic (exact) mass is 300 g/mol. The summed E-state index contributed by atoms with van der Waals surface area (Å²) >= 11 is 1.37. The molecule has 0 aliphatic rings. The second-order valence-corrected chi connectivity index (χ2v) is 7.12. The van der Waals surface area contributed by atoms with E-state index in [2.05, 4.69) is 10.3 Å². The second-order valence-electron chi connectivity index (χ2n) is 6.20. The zero-order valence-electron chi connectivity index (χ0n) is 12.7. The third-order valence-corrected chi connectivity index (χ3v) is 3.36. The number of thiazole rings is 1. The number of rotatable bonds is 5. The number of aromatic nitrogens is 1. The van der Waals surface area contributed by atoms with Gasteiger partial charge >= 0.3 is 6.09 Å². The number of aliphatic hydroxyl groups is 1. The molecule has 2 N–H and O–H groups in total. The van der Waals surface area contributed by atoms with Crippen LogP contribution in [-0.2, 0) is 4.74 Å². The lowest BCUT2D eigenvalue weighted by Gasteiger charge is -2.27. The van der Waals surface area contributed by atoms with E-state index in [0.29, 0.717) is 17.3 Å². The summed E-state index contributed by atoms with van der Waals surface area (Å²) in [7, 11) is 0. The molecule has 1 rings (SSSR count). The van der Waals surface area contributed by atoms with Crippen molar-refractivity contribution in [2.75, 3.05) is 0 Å². The smallest absolute Gasteiger partial charge is 0.407 e. The quantitative estimate of drug-likeness (QED) is 0.876. The van der Waals surface area contributed by atoms with Crippen LogP contribution in [0.2, 0.25) is 0 Å². The molecular weight excluding hydrogens is 276 g/mol. The Labute approximate surface area is 124 Å². The Balaban J connectivity index is 2.72. The van der Waals surface area contributed by atoms with Gasteiger partial charge in [-0.25, -0.2) is 9.78 Å². The SMILES string of the molecule is CC(C)C[C@H](NC(=O)OC(C)(C)C)[C@@H](O)c1nccs1. The molecule has 0 fully saturated rings. The molecule has 0 aliphatic carbocycles. The second kappa shape index (κ2) is 7.04. The van der Waals surface area contributed by atoms with Crippen LogP contribution >= 0.6 is 11.3 Å². The van der Waals surface area contributed by atoms with E-state index in [9.17, 15) is 9.90 Å². The van der Waals surface area contributed by atoms with Gasteiger partial charge < -0.3 is 15.2 Å². The van der Waals surface area contributed by atoms with E-state index >= 15 is 0 Å². The molecule has 0 saturated heterocycles. The number of hydrogen-bond donors (Lipinski definition) is 2. The van der Waals surface area contributed by atoms with Crippen molar-refractivity contribution in [2.24, 2.45) is 5.92 Å². The molecular formula is C14H24N2O3S. The van der Waals surface area contributed by atoms with E-state index < -0.39 is 23.8 Å². The maximum absolute atomic E-state index is 11.9. The van der Waals surface area contributed by atoms with E-state index in [4.69, 9.17) is 4.74 Å². The van der Waals surface area contributed by atoms with Crippen molar-refractivity contribution >= 4 is 17.4 Å². The van der Waals surface area contributed by atoms with Gasteiger partial charge in [-0.1, -0.05) is 13.8 Å². The number of nitrogens with zero attached hydrogens (tertiary/aromatic N) is 1. The first-order valence-corrected chi connectivity index (χ1v) is 7.64. The highest BCUT2D eigenvalue weighted by Crippen LogP contribution is 2.23. The molecule has 0 aliphatic heterocycles. The molecule has 20 heavy (non-hydrogen) atoms. The lowest BCUT2D eigenvalue weighted by atomic mass is 9.99. The van der Waals surface area contributed by atoms with Crippen LogP contribution in [0, 0.1) is 5.92 Å². The van der Waals surface area contributed by atoms with Gasteiger partial charge in [-0.3, -0.25) is 0 Å². The molecule has 5 nitrogen and oxygen atoms in total. The van der Waals surface area contributed by atoms with Gasteiger partial charge in [0.05, 0.1) is 6.04 Å². The summed E-state index contributed by atoms with van der Waals surface area (Å²) in [5.74, 6) is 0.338. The predicted octanol–water partition coefficient (Wildman–Crippen LogP) is 3.12. The minimum atomic E-state index is -0.815. The zero-order valence-corrected chi connectivity index (χ0v) is 13.5. The Morgan fingerprint density at radius 2 is 2.15 bits per heavy atom. The number of alkyl carbamates (subject to hydrolysis) is 1. The van der Waals surface area contributed by atoms with Gasteiger partial charge in [0.2, 0.25) is 0 Å². The van der Waals surface area contributed by atoms with Crippen molar-refractivity contribution in [3.05, 3.63) is 16.6 Å². The normalized spacial score (nSPS) is 14.9. The topological polar surface area (TPSA) is 71.5 Å². The van der Waals surface area contributed by atoms with Crippen LogP contribution in [-0.4, -0.2) is 27.8 Å². The molecule has 114 valence electrons. The minimum absolute atomic E-state index is 0.338. The Morgan fingerprint density at radius 1 is 1.50 bits per heavy atom. The van der Waals surface area contributed by atoms with E-state index in [1.54, 1.807) is 32.3 Å². The molecule has 0 radical (unpaired) electrons. The molecule has 1 heterocycles. The Kier molecular flexibility index (Phi) is 5.95. The summed E-state index contributed by atoms with van der Waals surface area (Å²) in [6.07, 6.45) is 0.965. The lowest BCUT2D eigenvalue weighted by molar-refractivity contribution is 0.0402. The fourth-order valence-electron chi connectivity index (χ4n) is 1.79. The molecule has 1 aromatic rings. The zero-order chi connectivity index (χ0) is 15.3. The fraction of sp³-hybridized carbons (Fsp3) is 0.714. The summed E-state index contributed by atoms with van der Waals surface area (Å²) < 4.78 is 5.24. The van der Waals surface area contributed by atoms with Crippen LogP contribution in [0.1, 0.15) is 52.2 Å². The predicted molar refractivity (Wildman–Crippen MR) is 79.7 cm³/mol. The number of ether oxygens (including phenoxy) is 1. The summed E-state index contributed by atoms with van der Waals surface area (Å²) in [5.41, 5.74) is -0.557. The highest BCUT2D eigenvalue weighted by atomic mass is 32.1. The fourth-order valence-corrected chi connectivity index (χ4v) is 2.47. The highest BCUT2D eigenvalue weighted by Gasteiger charge is 2.27. The molecule has 0 saturated carbocycles. The molecule has 0 spiro atoms. The largest absolute Gasteiger partial charge is 0.444 e. The summed E-state index contributed by atoms with van der Waals surface area (Å²) in [4.78, 5) is 16.0. The number of amides is 1. The average molecular weight is 300 g/mol. The van der Waals surface area contributed by atoms with Gasteiger partial charge in [0.1, 0.15) is 16.7 Å². The minimum Gasteiger partial charge on any atom is -0.444 e. The highest BCUT2D eigenvalue weighted by molar-refractivity contribution is 7.09. The van der Waals surface area contributed by atoms with Crippen LogP contribution in [0.15, 0.2) is 11.6 Å². The average Bonchev–Trinajstić information content (AvgIpc) is 2.76. The number of aliphatic hydroxyl groups excluding tert-OH is 1. The molecule has 6 heteroatoms. The van der Waals surface area contributed by atoms with Gasteiger partial charge in [0.15, 0.2) is 0 Å². The van der Waals surface area contributed by atoms with Crippen LogP contribution in [0.3, 0.4) is 0 Å². The van der Waals surface area contributed by atoms with Gasteiger partial charge in [-0.05, 0) is 33.1 Å². The third kappa shape index (κ3) is 5.88. The maximum Gasteiger partial charge on any atom is 0.407 e. The van der Waals surface area contributed by atoms with Crippen LogP contribution in [0.4, 0.5) is 4.79 Å². The Bertz CT molecular complexity index is 413. The van der Waals surface area contributed by atoms with Crippen LogP contribution in [0.25, 0.3) is 0 Å². The van der Waals surface area contributed by atoms with Gasteiger partial charge in [-0.15, -0.1) is 11.3 Å². The Morgan fingerprint density at radius 3 is 2.60 bits per heavy atom. The van der Waals surface area contributed by atoms with Crippen molar-refractivity contribution in [2.45, 2.75) is 58.8 Å². The van der Waals surface area contributed by atoms with Crippen molar-refractivity contribution in [1.29, 1.82) is 0 Å². The van der Waals surface area contributed by atoms with Crippen LogP contribution in [0.5, 0.6) is 0 Å². The summed E-state index contributed by atoms with van der Waals surface area (Å²) in [6.45, 7) is 9.50. The lowest BCUT2D eigenvalue weighted by Crippen LogP contribution is -2.43. The van der Waals surface area contributed by atoms with Gasteiger partial charge in [-0.2, -0.15) is 0 Å². The van der Waals surface area contributed by atoms with Crippen molar-refractivity contribution in [3.8, 4) is 0 Å². The van der Waals surface area contributed by atoms with E-state index in [1.165, 1.54) is 11.3 Å². The molecule has 2 atom stereocenters. The van der Waals surface area contributed by atoms with Gasteiger partial charge in [0.25, 0.3) is 0 Å². The van der Waals surface area contributed by atoms with Gasteiger partial charge in [0, 0.05) is 11.6 Å². The van der Waals surface area contributed by atoms with Crippen molar-refractivity contribution in [3.63, 3.8) is 0 Å². The molecule has 1 aromatic heterocycles. The van der Waals surface area contributed by atoms with Crippen molar-refractivity contribution < 1.29 is 14.6 Å². The molecule has 0 aromatic carbocycles. The third-order valence-electron chi connectivity index (χ3n) is 2.51. The standard InChI is InChI=1S/C14H24N2O3S/c1-9(2)8-10(11(17)12-15-6-7-20-12)16-13(18)19-14(3,4)5/h6-7,9-11,17H,8H2,1-5H3,(H,16,18)/t10-,11+/m0/s1. The molecule has 0 unspecified atom stereocenters. The molecule has 1 amide bonds. The first-order chi connectivity index (χ1) is 9.19. The first kappa shape index (κ1) is 16.9. The van der Waals surface area contributed by atoms with Crippen molar-refractivity contribution in [1.82, 2.24) is 10.3 Å². The van der Waals surface area contributed by atoms with E-state index in [-0.39, 0.29) is 0 Å². The maximum atomic E-state index is 11.9. The Hall–Kier alpha value is -1.14. The number of carbonyl (C=O) groups excluding carboxylic acids is 1. The molecule has 0 bridgehead atoms. The summed E-state index contributed by atoms with van der Waals surface area (Å²) in [5, 5.41) is 15.5. The van der Waals surface area contributed by atoms with Crippen LogP contribution < -0.4 is 5.32 Å². The number of carbonyl (C=O) groups is 1. The van der Waals surface area contributed by atoms with E-state index in [1.807, 2.05) is 13.8 Å². The van der Waals surface area contributed by atoms with E-state index in [0.717, 1.165) is 0 Å². The summed E-state index contributed by atoms with van der Waals surface area (Å²) in [6, 6.07) is -0.406. The number of hydrogen-bond acceptors (Lipinski definition) is 5. The first-order valence-electron chi connectivity index (χ1n) is 6.76. The number of nitrogens with one attached hydrogen (secondary N) is 1.